The van der Waals surface area contributed by atoms with Crippen molar-refractivity contribution >= 4 is 28.9 Å². The number of methoxy groups -OCH3 is 1. The van der Waals surface area contributed by atoms with Crippen LogP contribution >= 0.6 is 11.6 Å². The van der Waals surface area contributed by atoms with E-state index in [0.29, 0.717) is 29.4 Å². The zero-order chi connectivity index (χ0) is 19.5. The van der Waals surface area contributed by atoms with Crippen LogP contribution in [0.2, 0.25) is 5.02 Å². The highest BCUT2D eigenvalue weighted by Gasteiger charge is 2.25. The van der Waals surface area contributed by atoms with E-state index < -0.39 is 0 Å². The Balaban J connectivity index is 1.39. The predicted molar refractivity (Wildman–Crippen MR) is 114 cm³/mol. The minimum atomic E-state index is -0.0246. The van der Waals surface area contributed by atoms with Crippen LogP contribution in [0.5, 0.6) is 5.75 Å². The van der Waals surface area contributed by atoms with E-state index in [0.717, 1.165) is 26.2 Å². The molecule has 2 aromatic carbocycles. The lowest BCUT2D eigenvalue weighted by Gasteiger charge is -2.36. The van der Waals surface area contributed by atoms with Crippen LogP contribution in [0.4, 0.5) is 11.4 Å². The lowest BCUT2D eigenvalue weighted by atomic mass is 10.1. The fourth-order valence-corrected chi connectivity index (χ4v) is 4.21. The summed E-state index contributed by atoms with van der Waals surface area (Å²) in [5.41, 5.74) is 3.05. The highest BCUT2D eigenvalue weighted by molar-refractivity contribution is 6.31. The number of ether oxygens (including phenoxy) is 1. The molecular weight excluding hydrogens is 374 g/mol. The third-order valence-corrected chi connectivity index (χ3v) is 5.88. The molecule has 4 rings (SSSR count). The first kappa shape index (κ1) is 18.9. The smallest absolute Gasteiger partial charge is 0.257 e. The van der Waals surface area contributed by atoms with E-state index in [1.807, 2.05) is 4.90 Å². The first-order valence-electron chi connectivity index (χ1n) is 9.88. The fourth-order valence-electron chi connectivity index (χ4n) is 4.04. The summed E-state index contributed by atoms with van der Waals surface area (Å²) in [7, 11) is 1.57. The second-order valence-electron chi connectivity index (χ2n) is 7.33. The van der Waals surface area contributed by atoms with E-state index in [9.17, 15) is 4.79 Å². The molecule has 2 saturated heterocycles. The zero-order valence-electron chi connectivity index (χ0n) is 16.2. The van der Waals surface area contributed by atoms with Crippen molar-refractivity contribution in [1.29, 1.82) is 0 Å². The van der Waals surface area contributed by atoms with Crippen LogP contribution in [0, 0.1) is 0 Å². The number of halogens is 1. The van der Waals surface area contributed by atoms with Crippen LogP contribution in [0.25, 0.3) is 0 Å². The minimum Gasteiger partial charge on any atom is -0.496 e. The molecule has 0 atom stereocenters. The van der Waals surface area contributed by atoms with Gasteiger partial charge in [-0.2, -0.15) is 0 Å². The van der Waals surface area contributed by atoms with Crippen LogP contribution in [0.1, 0.15) is 23.2 Å². The number of hydrogen-bond acceptors (Lipinski definition) is 4. The van der Waals surface area contributed by atoms with Gasteiger partial charge in [0.25, 0.3) is 5.91 Å². The lowest BCUT2D eigenvalue weighted by Crippen LogP contribution is -2.48. The van der Waals surface area contributed by atoms with Crippen molar-refractivity contribution in [3.8, 4) is 5.75 Å². The van der Waals surface area contributed by atoms with Gasteiger partial charge in [-0.25, -0.2) is 0 Å². The fraction of sp³-hybridized carbons (Fsp3) is 0.409. The Morgan fingerprint density at radius 2 is 1.43 bits per heavy atom. The van der Waals surface area contributed by atoms with Crippen molar-refractivity contribution < 1.29 is 9.53 Å². The molecular formula is C22H26ClN3O2. The number of anilines is 2. The van der Waals surface area contributed by atoms with Crippen LogP contribution in [0.15, 0.2) is 42.5 Å². The van der Waals surface area contributed by atoms with Gasteiger partial charge in [0.05, 0.1) is 12.7 Å². The summed E-state index contributed by atoms with van der Waals surface area (Å²) in [5.74, 6) is 0.540. The molecule has 1 amide bonds. The Morgan fingerprint density at radius 3 is 2.00 bits per heavy atom. The molecule has 2 aromatic rings. The van der Waals surface area contributed by atoms with Crippen molar-refractivity contribution in [3.63, 3.8) is 0 Å². The van der Waals surface area contributed by atoms with Crippen LogP contribution in [0.3, 0.4) is 0 Å². The summed E-state index contributed by atoms with van der Waals surface area (Å²) in [6.07, 6.45) is 2.57. The molecule has 5 nitrogen and oxygen atoms in total. The third-order valence-electron chi connectivity index (χ3n) is 5.64. The van der Waals surface area contributed by atoms with E-state index in [-0.39, 0.29) is 5.91 Å². The predicted octanol–water partition coefficient (Wildman–Crippen LogP) is 3.91. The molecule has 2 aliphatic heterocycles. The Bertz CT molecular complexity index is 826. The minimum absolute atomic E-state index is 0.0246. The first-order chi connectivity index (χ1) is 13.7. The molecule has 0 saturated carbocycles. The van der Waals surface area contributed by atoms with Gasteiger partial charge in [-0.05, 0) is 55.3 Å². The molecule has 0 N–H and O–H groups in total. The number of piperazine rings is 1. The molecule has 0 aromatic heterocycles. The van der Waals surface area contributed by atoms with Gasteiger partial charge in [-0.1, -0.05) is 11.6 Å². The van der Waals surface area contributed by atoms with Crippen LogP contribution in [-0.4, -0.2) is 57.2 Å². The van der Waals surface area contributed by atoms with Gasteiger partial charge in [-0.15, -0.1) is 0 Å². The van der Waals surface area contributed by atoms with Crippen molar-refractivity contribution in [1.82, 2.24) is 4.90 Å². The number of rotatable bonds is 4. The Hall–Kier alpha value is -2.40. The first-order valence-corrected chi connectivity index (χ1v) is 10.3. The quantitative estimate of drug-likeness (QED) is 0.780. The standard InChI is InChI=1S/C22H26ClN3O2/c1-28-21-9-4-17(23)16-20(21)22(27)26-14-12-25(13-15-26)19-7-5-18(6-8-19)24-10-2-3-11-24/h4-9,16H,2-3,10-15H2,1H3. The molecule has 6 heteroatoms. The monoisotopic (exact) mass is 399 g/mol. The van der Waals surface area contributed by atoms with Gasteiger partial charge >= 0.3 is 0 Å². The average Bonchev–Trinajstić information content (AvgIpc) is 3.28. The van der Waals surface area contributed by atoms with Gasteiger partial charge in [0.15, 0.2) is 0 Å². The molecule has 28 heavy (non-hydrogen) atoms. The summed E-state index contributed by atoms with van der Waals surface area (Å²) < 4.78 is 5.34. The van der Waals surface area contributed by atoms with Gasteiger partial charge in [-0.3, -0.25) is 4.79 Å². The maximum Gasteiger partial charge on any atom is 0.257 e. The van der Waals surface area contributed by atoms with Crippen LogP contribution < -0.4 is 14.5 Å². The molecule has 2 heterocycles. The molecule has 0 aliphatic carbocycles. The van der Waals surface area contributed by atoms with E-state index in [2.05, 4.69) is 34.1 Å². The SMILES string of the molecule is COc1ccc(Cl)cc1C(=O)N1CCN(c2ccc(N3CCCC3)cc2)CC1. The van der Waals surface area contributed by atoms with Crippen molar-refractivity contribution in [3.05, 3.63) is 53.1 Å². The number of hydrogen-bond donors (Lipinski definition) is 0. The molecule has 0 bridgehead atoms. The largest absolute Gasteiger partial charge is 0.496 e. The summed E-state index contributed by atoms with van der Waals surface area (Å²) in [6, 6.07) is 14.0. The summed E-state index contributed by atoms with van der Waals surface area (Å²) in [6.45, 7) is 5.32. The molecule has 148 valence electrons. The molecule has 0 radical (unpaired) electrons. The highest BCUT2D eigenvalue weighted by atomic mass is 35.5. The topological polar surface area (TPSA) is 36.0 Å². The highest BCUT2D eigenvalue weighted by Crippen LogP contribution is 2.27. The number of carbonyl (C=O) groups is 1. The number of amides is 1. The molecule has 0 unspecified atom stereocenters. The van der Waals surface area contributed by atoms with Gasteiger partial charge in [0.2, 0.25) is 0 Å². The second-order valence-corrected chi connectivity index (χ2v) is 7.77. The number of benzene rings is 2. The second kappa shape index (κ2) is 8.31. The Kier molecular flexibility index (Phi) is 5.62. The summed E-state index contributed by atoms with van der Waals surface area (Å²) >= 11 is 6.08. The van der Waals surface area contributed by atoms with E-state index in [1.165, 1.54) is 24.2 Å². The molecule has 0 spiro atoms. The Morgan fingerprint density at radius 1 is 0.857 bits per heavy atom. The maximum atomic E-state index is 12.9. The van der Waals surface area contributed by atoms with Gasteiger partial charge in [0, 0.05) is 55.7 Å². The normalized spacial score (nSPS) is 17.1. The number of carbonyl (C=O) groups excluding carboxylic acids is 1. The van der Waals surface area contributed by atoms with Crippen LogP contribution in [-0.2, 0) is 0 Å². The maximum absolute atomic E-state index is 12.9. The van der Waals surface area contributed by atoms with Gasteiger partial charge < -0.3 is 19.4 Å². The Labute approximate surface area is 171 Å². The third kappa shape index (κ3) is 3.90. The molecule has 2 aliphatic rings. The molecule has 2 fully saturated rings. The van der Waals surface area contributed by atoms with Gasteiger partial charge in [0.1, 0.15) is 5.75 Å². The summed E-state index contributed by atoms with van der Waals surface area (Å²) in [5, 5.41) is 0.542. The lowest BCUT2D eigenvalue weighted by molar-refractivity contribution is 0.0743. The van der Waals surface area contributed by atoms with E-state index in [1.54, 1.807) is 25.3 Å². The van der Waals surface area contributed by atoms with Crippen molar-refractivity contribution in [2.24, 2.45) is 0 Å². The van der Waals surface area contributed by atoms with Crippen molar-refractivity contribution in [2.75, 3.05) is 56.2 Å². The van der Waals surface area contributed by atoms with E-state index >= 15 is 0 Å². The summed E-state index contributed by atoms with van der Waals surface area (Å²) in [4.78, 5) is 19.6. The van der Waals surface area contributed by atoms with E-state index in [4.69, 9.17) is 16.3 Å². The average molecular weight is 400 g/mol. The number of nitrogens with zero attached hydrogens (tertiary/aromatic N) is 3. The van der Waals surface area contributed by atoms with Crippen molar-refractivity contribution in [2.45, 2.75) is 12.8 Å². The zero-order valence-corrected chi connectivity index (χ0v) is 17.0.